The molecule has 0 unspecified atom stereocenters. The number of carboxylic acid groups (broad SMARTS) is 1. The molecule has 18 heavy (non-hydrogen) atoms. The van der Waals surface area contributed by atoms with Crippen LogP contribution in [0.5, 0.6) is 0 Å². The van der Waals surface area contributed by atoms with Crippen molar-refractivity contribution in [3.63, 3.8) is 0 Å². The number of nitrogens with zero attached hydrogens (tertiary/aromatic N) is 3. The van der Waals surface area contributed by atoms with Crippen LogP contribution in [0.25, 0.3) is 11.6 Å². The van der Waals surface area contributed by atoms with Gasteiger partial charge in [0.2, 0.25) is 5.89 Å². The molecule has 0 radical (unpaired) electrons. The number of hydrogen-bond donors (Lipinski definition) is 1. The first-order valence-corrected chi connectivity index (χ1v) is 5.68. The van der Waals surface area contributed by atoms with Crippen LogP contribution < -0.4 is 0 Å². The molecule has 94 valence electrons. The SMILES string of the molecule is O=C(O)COCc1nnc(-c2ccc(Br)cn2)o1. The summed E-state index contributed by atoms with van der Waals surface area (Å²) in [4.78, 5) is 14.3. The van der Waals surface area contributed by atoms with Crippen LogP contribution in [0.15, 0.2) is 27.2 Å². The molecule has 0 spiro atoms. The molecule has 0 fully saturated rings. The molecule has 0 amide bonds. The number of pyridine rings is 1. The van der Waals surface area contributed by atoms with Crippen LogP contribution in [-0.4, -0.2) is 32.9 Å². The van der Waals surface area contributed by atoms with Gasteiger partial charge in [-0.2, -0.15) is 0 Å². The molecular weight excluding hydrogens is 306 g/mol. The van der Waals surface area contributed by atoms with E-state index in [0.29, 0.717) is 5.69 Å². The van der Waals surface area contributed by atoms with Gasteiger partial charge < -0.3 is 14.3 Å². The lowest BCUT2D eigenvalue weighted by atomic mass is 10.3. The number of carboxylic acids is 1. The number of rotatable bonds is 5. The molecule has 0 aliphatic rings. The zero-order valence-corrected chi connectivity index (χ0v) is 10.6. The number of aliphatic carboxylic acids is 1. The van der Waals surface area contributed by atoms with Gasteiger partial charge in [-0.15, -0.1) is 10.2 Å². The second-order valence-corrected chi connectivity index (χ2v) is 4.16. The Labute approximate surface area is 110 Å². The van der Waals surface area contributed by atoms with E-state index in [4.69, 9.17) is 14.3 Å². The lowest BCUT2D eigenvalue weighted by Crippen LogP contribution is -2.06. The zero-order chi connectivity index (χ0) is 13.0. The predicted octanol–water partition coefficient (Wildman–Crippen LogP) is 1.50. The second kappa shape index (κ2) is 5.69. The molecule has 2 rings (SSSR count). The van der Waals surface area contributed by atoms with E-state index >= 15 is 0 Å². The first-order chi connectivity index (χ1) is 8.65. The zero-order valence-electron chi connectivity index (χ0n) is 9.04. The third-order valence-electron chi connectivity index (χ3n) is 1.86. The van der Waals surface area contributed by atoms with Crippen molar-refractivity contribution >= 4 is 21.9 Å². The highest BCUT2D eigenvalue weighted by Gasteiger charge is 2.10. The predicted molar refractivity (Wildman–Crippen MR) is 62.5 cm³/mol. The molecular formula is C10H8BrN3O4. The second-order valence-electron chi connectivity index (χ2n) is 3.25. The van der Waals surface area contributed by atoms with Gasteiger partial charge in [-0.1, -0.05) is 0 Å². The van der Waals surface area contributed by atoms with Crippen molar-refractivity contribution < 1.29 is 19.1 Å². The van der Waals surface area contributed by atoms with Crippen LogP contribution in [0.3, 0.4) is 0 Å². The first-order valence-electron chi connectivity index (χ1n) is 4.89. The van der Waals surface area contributed by atoms with Crippen molar-refractivity contribution in [2.24, 2.45) is 0 Å². The number of hydrogen-bond acceptors (Lipinski definition) is 6. The van der Waals surface area contributed by atoms with Gasteiger partial charge in [0.05, 0.1) is 0 Å². The summed E-state index contributed by atoms with van der Waals surface area (Å²) in [6.07, 6.45) is 1.61. The highest BCUT2D eigenvalue weighted by molar-refractivity contribution is 9.10. The largest absolute Gasteiger partial charge is 0.480 e. The Morgan fingerprint density at radius 1 is 1.44 bits per heavy atom. The molecule has 7 nitrogen and oxygen atoms in total. The van der Waals surface area contributed by atoms with Crippen LogP contribution in [-0.2, 0) is 16.1 Å². The normalized spacial score (nSPS) is 10.5. The Morgan fingerprint density at radius 2 is 2.28 bits per heavy atom. The van der Waals surface area contributed by atoms with E-state index in [0.717, 1.165) is 4.47 Å². The van der Waals surface area contributed by atoms with E-state index in [9.17, 15) is 4.79 Å². The molecule has 0 aliphatic carbocycles. The average molecular weight is 314 g/mol. The standard InChI is InChI=1S/C10H8BrN3O4/c11-6-1-2-7(12-3-6)10-14-13-8(18-10)4-17-5-9(15)16/h1-3H,4-5H2,(H,15,16). The smallest absolute Gasteiger partial charge is 0.329 e. The van der Waals surface area contributed by atoms with Crippen molar-refractivity contribution in [3.05, 3.63) is 28.7 Å². The summed E-state index contributed by atoms with van der Waals surface area (Å²) in [7, 11) is 0. The number of ether oxygens (including phenoxy) is 1. The van der Waals surface area contributed by atoms with Gasteiger partial charge in [0.1, 0.15) is 18.9 Å². The molecule has 0 saturated heterocycles. The highest BCUT2D eigenvalue weighted by atomic mass is 79.9. The average Bonchev–Trinajstić information content (AvgIpc) is 2.78. The maximum atomic E-state index is 10.2. The number of halogens is 1. The molecule has 0 aliphatic heterocycles. The first kappa shape index (κ1) is 12.7. The van der Waals surface area contributed by atoms with Crippen molar-refractivity contribution in [2.75, 3.05) is 6.61 Å². The van der Waals surface area contributed by atoms with Crippen LogP contribution in [0.2, 0.25) is 0 Å². The van der Waals surface area contributed by atoms with E-state index in [2.05, 4.69) is 31.1 Å². The van der Waals surface area contributed by atoms with E-state index in [1.165, 1.54) is 0 Å². The molecule has 0 aromatic carbocycles. The van der Waals surface area contributed by atoms with E-state index < -0.39 is 12.6 Å². The maximum absolute atomic E-state index is 10.2. The Hall–Kier alpha value is -1.80. The molecule has 2 aromatic rings. The third-order valence-corrected chi connectivity index (χ3v) is 2.33. The molecule has 0 bridgehead atoms. The fourth-order valence-corrected chi connectivity index (χ4v) is 1.38. The van der Waals surface area contributed by atoms with Gasteiger partial charge in [-0.25, -0.2) is 9.78 Å². The van der Waals surface area contributed by atoms with E-state index in [1.807, 2.05) is 0 Å². The summed E-state index contributed by atoms with van der Waals surface area (Å²) in [5, 5.41) is 15.9. The third kappa shape index (κ3) is 3.34. The lowest BCUT2D eigenvalue weighted by molar-refractivity contribution is -0.142. The van der Waals surface area contributed by atoms with Gasteiger partial charge in [0.25, 0.3) is 5.89 Å². The summed E-state index contributed by atoms with van der Waals surface area (Å²) in [5.41, 5.74) is 0.537. The van der Waals surface area contributed by atoms with Crippen LogP contribution in [0.1, 0.15) is 5.89 Å². The minimum absolute atomic E-state index is 0.0458. The van der Waals surface area contributed by atoms with Crippen molar-refractivity contribution in [1.29, 1.82) is 0 Å². The fourth-order valence-electron chi connectivity index (χ4n) is 1.14. The van der Waals surface area contributed by atoms with Crippen molar-refractivity contribution in [1.82, 2.24) is 15.2 Å². The number of aromatic nitrogens is 3. The Bertz CT molecular complexity index is 540. The molecule has 0 saturated carbocycles. The summed E-state index contributed by atoms with van der Waals surface area (Å²) >= 11 is 3.27. The molecule has 8 heteroatoms. The Kier molecular flexibility index (Phi) is 4.00. The van der Waals surface area contributed by atoms with Gasteiger partial charge in [-0.3, -0.25) is 0 Å². The lowest BCUT2D eigenvalue weighted by Gasteiger charge is -1.95. The Balaban J connectivity index is 2.01. The minimum atomic E-state index is -1.05. The molecule has 0 atom stereocenters. The summed E-state index contributed by atoms with van der Waals surface area (Å²) in [6, 6.07) is 3.52. The van der Waals surface area contributed by atoms with Gasteiger partial charge in [0.15, 0.2) is 0 Å². The minimum Gasteiger partial charge on any atom is -0.480 e. The highest BCUT2D eigenvalue weighted by Crippen LogP contribution is 2.17. The summed E-state index contributed by atoms with van der Waals surface area (Å²) in [5.74, 6) is -0.586. The van der Waals surface area contributed by atoms with E-state index in [-0.39, 0.29) is 18.4 Å². The fraction of sp³-hybridized carbons (Fsp3) is 0.200. The molecule has 2 aromatic heterocycles. The Morgan fingerprint density at radius 3 is 2.94 bits per heavy atom. The van der Waals surface area contributed by atoms with Gasteiger partial charge in [-0.05, 0) is 28.1 Å². The summed E-state index contributed by atoms with van der Waals surface area (Å²) < 4.78 is 10.9. The van der Waals surface area contributed by atoms with Crippen LogP contribution in [0, 0.1) is 0 Å². The van der Waals surface area contributed by atoms with E-state index in [1.54, 1.807) is 18.3 Å². The molecule has 2 heterocycles. The van der Waals surface area contributed by atoms with Crippen LogP contribution >= 0.6 is 15.9 Å². The van der Waals surface area contributed by atoms with Crippen molar-refractivity contribution in [3.8, 4) is 11.6 Å². The van der Waals surface area contributed by atoms with Gasteiger partial charge in [0, 0.05) is 10.7 Å². The monoisotopic (exact) mass is 313 g/mol. The maximum Gasteiger partial charge on any atom is 0.329 e. The topological polar surface area (TPSA) is 98.3 Å². The number of carbonyl (C=O) groups is 1. The van der Waals surface area contributed by atoms with Crippen LogP contribution in [0.4, 0.5) is 0 Å². The summed E-state index contributed by atoms with van der Waals surface area (Å²) in [6.45, 7) is -0.454. The molecule has 1 N–H and O–H groups in total. The van der Waals surface area contributed by atoms with Gasteiger partial charge >= 0.3 is 5.97 Å². The van der Waals surface area contributed by atoms with Crippen molar-refractivity contribution in [2.45, 2.75) is 6.61 Å². The quantitative estimate of drug-likeness (QED) is 0.892.